The lowest BCUT2D eigenvalue weighted by molar-refractivity contribution is -0.138. The molecule has 0 bridgehead atoms. The maximum absolute atomic E-state index is 12.9. The molecule has 0 aliphatic carbocycles. The standard InChI is InChI=1S/C13H15F3N2O/c1-9-8-18(7-6-17-9)12(19)10-4-2-3-5-11(10)13(14,15)16/h2-5,9,17H,6-8H2,1H3/t9-/m0/s1. The van der Waals surface area contributed by atoms with Crippen LogP contribution in [-0.2, 0) is 6.18 Å². The fourth-order valence-corrected chi connectivity index (χ4v) is 2.20. The molecule has 1 aliphatic heterocycles. The molecule has 1 N–H and O–H groups in total. The Kier molecular flexibility index (Phi) is 3.80. The molecule has 0 spiro atoms. The zero-order valence-corrected chi connectivity index (χ0v) is 10.5. The number of amides is 1. The van der Waals surface area contributed by atoms with Gasteiger partial charge in [-0.1, -0.05) is 12.1 Å². The summed E-state index contributed by atoms with van der Waals surface area (Å²) in [6, 6.07) is 5.01. The molecule has 6 heteroatoms. The third-order valence-corrected chi connectivity index (χ3v) is 3.12. The van der Waals surface area contributed by atoms with Crippen LogP contribution in [0.4, 0.5) is 13.2 Å². The number of alkyl halides is 3. The van der Waals surface area contributed by atoms with Crippen LogP contribution in [0.15, 0.2) is 24.3 Å². The Balaban J connectivity index is 2.29. The number of carbonyl (C=O) groups excluding carboxylic acids is 1. The molecule has 0 saturated carbocycles. The van der Waals surface area contributed by atoms with Gasteiger partial charge in [-0.2, -0.15) is 13.2 Å². The summed E-state index contributed by atoms with van der Waals surface area (Å²) in [5.41, 5.74) is -1.14. The molecule has 3 nitrogen and oxygen atoms in total. The predicted octanol–water partition coefficient (Wildman–Crippen LogP) is 2.14. The molecule has 1 heterocycles. The summed E-state index contributed by atoms with van der Waals surface area (Å²) < 4.78 is 38.6. The normalized spacial score (nSPS) is 20.4. The minimum atomic E-state index is -4.51. The number of hydrogen-bond donors (Lipinski definition) is 1. The molecule has 1 fully saturated rings. The monoisotopic (exact) mass is 272 g/mol. The van der Waals surface area contributed by atoms with E-state index in [1.54, 1.807) is 0 Å². The zero-order valence-electron chi connectivity index (χ0n) is 10.5. The molecule has 2 rings (SSSR count). The second kappa shape index (κ2) is 5.21. The Morgan fingerprint density at radius 3 is 2.68 bits per heavy atom. The van der Waals surface area contributed by atoms with E-state index in [9.17, 15) is 18.0 Å². The van der Waals surface area contributed by atoms with Gasteiger partial charge in [0.15, 0.2) is 0 Å². The van der Waals surface area contributed by atoms with Gasteiger partial charge in [-0.25, -0.2) is 0 Å². The van der Waals surface area contributed by atoms with Crippen LogP contribution in [0.1, 0.15) is 22.8 Å². The molecule has 1 aliphatic rings. The van der Waals surface area contributed by atoms with Gasteiger partial charge >= 0.3 is 6.18 Å². The van der Waals surface area contributed by atoms with Gasteiger partial charge < -0.3 is 10.2 Å². The van der Waals surface area contributed by atoms with Gasteiger partial charge in [-0.05, 0) is 19.1 Å². The first kappa shape index (κ1) is 13.9. The predicted molar refractivity (Wildman–Crippen MR) is 64.8 cm³/mol. The molecule has 0 radical (unpaired) electrons. The third kappa shape index (κ3) is 3.07. The van der Waals surface area contributed by atoms with Crippen LogP contribution in [-0.4, -0.2) is 36.5 Å². The lowest BCUT2D eigenvalue weighted by Gasteiger charge is -2.32. The van der Waals surface area contributed by atoms with E-state index < -0.39 is 17.6 Å². The summed E-state index contributed by atoms with van der Waals surface area (Å²) >= 11 is 0. The van der Waals surface area contributed by atoms with Gasteiger partial charge in [0.1, 0.15) is 0 Å². The van der Waals surface area contributed by atoms with E-state index in [2.05, 4.69) is 5.32 Å². The van der Waals surface area contributed by atoms with Gasteiger partial charge in [0.25, 0.3) is 5.91 Å². The first-order valence-corrected chi connectivity index (χ1v) is 6.08. The number of halogens is 3. The lowest BCUT2D eigenvalue weighted by Crippen LogP contribution is -2.51. The highest BCUT2D eigenvalue weighted by Crippen LogP contribution is 2.32. The van der Waals surface area contributed by atoms with Gasteiger partial charge in [-0.15, -0.1) is 0 Å². The highest BCUT2D eigenvalue weighted by atomic mass is 19.4. The fourth-order valence-electron chi connectivity index (χ4n) is 2.20. The van der Waals surface area contributed by atoms with Crippen molar-refractivity contribution in [1.29, 1.82) is 0 Å². The summed E-state index contributed by atoms with van der Waals surface area (Å²) in [4.78, 5) is 13.7. The molecule has 1 aromatic carbocycles. The van der Waals surface area contributed by atoms with Crippen molar-refractivity contribution in [2.75, 3.05) is 19.6 Å². The van der Waals surface area contributed by atoms with Crippen molar-refractivity contribution in [3.8, 4) is 0 Å². The summed E-state index contributed by atoms with van der Waals surface area (Å²) in [7, 11) is 0. The van der Waals surface area contributed by atoms with Crippen molar-refractivity contribution in [2.24, 2.45) is 0 Å². The smallest absolute Gasteiger partial charge is 0.336 e. The van der Waals surface area contributed by atoms with E-state index in [0.717, 1.165) is 6.07 Å². The Hall–Kier alpha value is -1.56. The molecular formula is C13H15F3N2O. The molecule has 1 saturated heterocycles. The van der Waals surface area contributed by atoms with Crippen LogP contribution in [0, 0.1) is 0 Å². The highest BCUT2D eigenvalue weighted by Gasteiger charge is 2.36. The summed E-state index contributed by atoms with van der Waals surface area (Å²) in [5, 5.41) is 3.15. The van der Waals surface area contributed by atoms with E-state index >= 15 is 0 Å². The number of carbonyl (C=O) groups is 1. The first-order valence-electron chi connectivity index (χ1n) is 6.08. The number of hydrogen-bond acceptors (Lipinski definition) is 2. The Morgan fingerprint density at radius 2 is 2.05 bits per heavy atom. The molecular weight excluding hydrogens is 257 g/mol. The van der Waals surface area contributed by atoms with E-state index in [1.165, 1.54) is 23.1 Å². The van der Waals surface area contributed by atoms with E-state index in [1.807, 2.05) is 6.92 Å². The maximum Gasteiger partial charge on any atom is 0.417 e. The molecule has 1 aromatic rings. The SMILES string of the molecule is C[C@H]1CN(C(=O)c2ccccc2C(F)(F)F)CCN1. The minimum absolute atomic E-state index is 0.0933. The Labute approximate surface area is 109 Å². The number of nitrogens with one attached hydrogen (secondary N) is 1. The van der Waals surface area contributed by atoms with Crippen LogP contribution in [0.25, 0.3) is 0 Å². The number of benzene rings is 1. The van der Waals surface area contributed by atoms with Gasteiger partial charge in [0.2, 0.25) is 0 Å². The summed E-state index contributed by atoms with van der Waals surface area (Å²) in [6.07, 6.45) is -4.51. The van der Waals surface area contributed by atoms with Crippen molar-refractivity contribution < 1.29 is 18.0 Å². The average Bonchev–Trinajstić information content (AvgIpc) is 2.37. The van der Waals surface area contributed by atoms with Crippen molar-refractivity contribution in [2.45, 2.75) is 19.1 Å². The second-order valence-electron chi connectivity index (χ2n) is 4.65. The van der Waals surface area contributed by atoms with E-state index in [0.29, 0.717) is 19.6 Å². The summed E-state index contributed by atoms with van der Waals surface area (Å²) in [5.74, 6) is -0.554. The largest absolute Gasteiger partial charge is 0.417 e. The van der Waals surface area contributed by atoms with E-state index in [-0.39, 0.29) is 11.6 Å². The van der Waals surface area contributed by atoms with Crippen LogP contribution >= 0.6 is 0 Å². The number of rotatable bonds is 1. The zero-order chi connectivity index (χ0) is 14.0. The molecule has 104 valence electrons. The maximum atomic E-state index is 12.9. The van der Waals surface area contributed by atoms with Crippen LogP contribution in [0.5, 0.6) is 0 Å². The fraction of sp³-hybridized carbons (Fsp3) is 0.462. The third-order valence-electron chi connectivity index (χ3n) is 3.12. The van der Waals surface area contributed by atoms with Gasteiger partial charge in [0, 0.05) is 25.7 Å². The minimum Gasteiger partial charge on any atom is -0.336 e. The Morgan fingerprint density at radius 1 is 1.37 bits per heavy atom. The highest BCUT2D eigenvalue weighted by molar-refractivity contribution is 5.96. The van der Waals surface area contributed by atoms with Crippen molar-refractivity contribution in [3.05, 3.63) is 35.4 Å². The van der Waals surface area contributed by atoms with Crippen LogP contribution in [0.2, 0.25) is 0 Å². The average molecular weight is 272 g/mol. The number of nitrogens with zero attached hydrogens (tertiary/aromatic N) is 1. The van der Waals surface area contributed by atoms with Gasteiger partial charge in [-0.3, -0.25) is 4.79 Å². The van der Waals surface area contributed by atoms with Crippen molar-refractivity contribution >= 4 is 5.91 Å². The van der Waals surface area contributed by atoms with E-state index in [4.69, 9.17) is 0 Å². The molecule has 0 aromatic heterocycles. The van der Waals surface area contributed by atoms with Crippen LogP contribution < -0.4 is 5.32 Å². The van der Waals surface area contributed by atoms with Crippen molar-refractivity contribution in [3.63, 3.8) is 0 Å². The van der Waals surface area contributed by atoms with Crippen LogP contribution in [0.3, 0.4) is 0 Å². The quantitative estimate of drug-likeness (QED) is 0.849. The Bertz CT molecular complexity index is 473. The van der Waals surface area contributed by atoms with Crippen molar-refractivity contribution in [1.82, 2.24) is 10.2 Å². The number of piperazine rings is 1. The van der Waals surface area contributed by atoms with Gasteiger partial charge in [0.05, 0.1) is 11.1 Å². The second-order valence-corrected chi connectivity index (χ2v) is 4.65. The topological polar surface area (TPSA) is 32.3 Å². The molecule has 19 heavy (non-hydrogen) atoms. The first-order chi connectivity index (χ1) is 8.89. The molecule has 0 unspecified atom stereocenters. The summed E-state index contributed by atoms with van der Waals surface area (Å²) in [6.45, 7) is 3.34. The molecule has 1 amide bonds. The molecule has 1 atom stereocenters. The lowest BCUT2D eigenvalue weighted by atomic mass is 10.0.